The highest BCUT2D eigenvalue weighted by Crippen LogP contribution is 2.12. The third-order valence-electron chi connectivity index (χ3n) is 3.69. The Labute approximate surface area is 131 Å². The maximum absolute atomic E-state index is 11.7. The van der Waals surface area contributed by atoms with E-state index in [1.165, 1.54) is 12.7 Å². The molecule has 2 rings (SSSR count). The largest absolute Gasteiger partial charge is 0.469 e. The third-order valence-corrected chi connectivity index (χ3v) is 3.69. The summed E-state index contributed by atoms with van der Waals surface area (Å²) in [4.78, 5) is 18.1. The van der Waals surface area contributed by atoms with E-state index < -0.39 is 0 Å². The molecule has 5 nitrogen and oxygen atoms in total. The standard InChI is InChI=1S/C17H23N3O2/c1-14(17(21)22-3)10-20(11-15-7-5-4-6-8-15)12-16-9-18-13-19(16)2/h4-9,13-14H,10-12H2,1-3H3/t14-/m0/s1. The van der Waals surface area contributed by atoms with Crippen LogP contribution in [0.1, 0.15) is 18.2 Å². The molecule has 0 unspecified atom stereocenters. The molecular weight excluding hydrogens is 278 g/mol. The van der Waals surface area contributed by atoms with Gasteiger partial charge in [0.15, 0.2) is 0 Å². The predicted octanol–water partition coefficient (Wildman–Crippen LogP) is 2.23. The van der Waals surface area contributed by atoms with E-state index in [-0.39, 0.29) is 11.9 Å². The van der Waals surface area contributed by atoms with Gasteiger partial charge in [-0.25, -0.2) is 4.98 Å². The van der Waals surface area contributed by atoms with Gasteiger partial charge >= 0.3 is 5.97 Å². The molecule has 0 spiro atoms. The number of aryl methyl sites for hydroxylation is 1. The Bertz CT molecular complexity index is 595. The van der Waals surface area contributed by atoms with Gasteiger partial charge in [-0.15, -0.1) is 0 Å². The van der Waals surface area contributed by atoms with E-state index in [9.17, 15) is 4.79 Å². The van der Waals surface area contributed by atoms with Crippen molar-refractivity contribution in [2.45, 2.75) is 20.0 Å². The van der Waals surface area contributed by atoms with Crippen LogP contribution in [0.4, 0.5) is 0 Å². The Balaban J connectivity index is 2.09. The number of ether oxygens (including phenoxy) is 1. The summed E-state index contributed by atoms with van der Waals surface area (Å²) in [5.41, 5.74) is 2.34. The van der Waals surface area contributed by atoms with Gasteiger partial charge in [-0.1, -0.05) is 37.3 Å². The summed E-state index contributed by atoms with van der Waals surface area (Å²) in [6.45, 7) is 4.07. The second-order valence-corrected chi connectivity index (χ2v) is 5.58. The van der Waals surface area contributed by atoms with E-state index in [0.29, 0.717) is 6.54 Å². The zero-order valence-electron chi connectivity index (χ0n) is 13.4. The van der Waals surface area contributed by atoms with Crippen LogP contribution in [0.2, 0.25) is 0 Å². The number of nitrogens with zero attached hydrogens (tertiary/aromatic N) is 3. The lowest BCUT2D eigenvalue weighted by molar-refractivity contribution is -0.145. The van der Waals surface area contributed by atoms with Crippen LogP contribution in [0.15, 0.2) is 42.9 Å². The van der Waals surface area contributed by atoms with Gasteiger partial charge in [-0.3, -0.25) is 9.69 Å². The summed E-state index contributed by atoms with van der Waals surface area (Å²) in [7, 11) is 3.41. The van der Waals surface area contributed by atoms with Gasteiger partial charge in [-0.05, 0) is 5.56 Å². The summed E-state index contributed by atoms with van der Waals surface area (Å²) in [6, 6.07) is 10.3. The zero-order valence-corrected chi connectivity index (χ0v) is 13.4. The average Bonchev–Trinajstić information content (AvgIpc) is 2.92. The Hall–Kier alpha value is -2.14. The van der Waals surface area contributed by atoms with Crippen molar-refractivity contribution >= 4 is 5.97 Å². The van der Waals surface area contributed by atoms with Gasteiger partial charge in [-0.2, -0.15) is 0 Å². The molecule has 0 amide bonds. The minimum Gasteiger partial charge on any atom is -0.469 e. The lowest BCUT2D eigenvalue weighted by Gasteiger charge is -2.25. The summed E-state index contributed by atoms with van der Waals surface area (Å²) in [6.07, 6.45) is 3.65. The maximum atomic E-state index is 11.7. The fourth-order valence-electron chi connectivity index (χ4n) is 2.46. The van der Waals surface area contributed by atoms with Gasteiger partial charge in [0.05, 0.1) is 25.0 Å². The highest BCUT2D eigenvalue weighted by molar-refractivity contribution is 5.72. The number of hydrogen-bond acceptors (Lipinski definition) is 4. The first-order valence-electron chi connectivity index (χ1n) is 7.39. The van der Waals surface area contributed by atoms with Gasteiger partial charge < -0.3 is 9.30 Å². The highest BCUT2D eigenvalue weighted by Gasteiger charge is 2.19. The Morgan fingerprint density at radius 1 is 1.32 bits per heavy atom. The SMILES string of the molecule is COC(=O)[C@@H](C)CN(Cc1ccccc1)Cc1cncn1C. The van der Waals surface area contributed by atoms with Gasteiger partial charge in [0.25, 0.3) is 0 Å². The smallest absolute Gasteiger partial charge is 0.309 e. The molecule has 1 aromatic carbocycles. The molecule has 118 valence electrons. The zero-order chi connectivity index (χ0) is 15.9. The first-order valence-corrected chi connectivity index (χ1v) is 7.39. The molecule has 1 atom stereocenters. The van der Waals surface area contributed by atoms with Crippen LogP contribution < -0.4 is 0 Å². The van der Waals surface area contributed by atoms with Crippen LogP contribution in [-0.2, 0) is 29.7 Å². The number of methoxy groups -OCH3 is 1. The van der Waals surface area contributed by atoms with Gasteiger partial charge in [0.1, 0.15) is 0 Å². The Morgan fingerprint density at radius 2 is 2.05 bits per heavy atom. The first-order chi connectivity index (χ1) is 10.6. The molecular formula is C17H23N3O2. The quantitative estimate of drug-likeness (QED) is 0.736. The number of imidazole rings is 1. The molecule has 1 heterocycles. The molecule has 0 fully saturated rings. The minimum absolute atomic E-state index is 0.165. The van der Waals surface area contributed by atoms with Gasteiger partial charge in [0, 0.05) is 32.9 Å². The molecule has 5 heteroatoms. The lowest BCUT2D eigenvalue weighted by atomic mass is 10.1. The Morgan fingerprint density at radius 3 is 2.64 bits per heavy atom. The van der Waals surface area contributed by atoms with Crippen molar-refractivity contribution in [2.75, 3.05) is 13.7 Å². The predicted molar refractivity (Wildman–Crippen MR) is 84.9 cm³/mol. The lowest BCUT2D eigenvalue weighted by Crippen LogP contribution is -2.32. The van der Waals surface area contributed by atoms with Crippen molar-refractivity contribution in [3.8, 4) is 0 Å². The van der Waals surface area contributed by atoms with Crippen LogP contribution in [0.25, 0.3) is 0 Å². The second-order valence-electron chi connectivity index (χ2n) is 5.58. The fourth-order valence-corrected chi connectivity index (χ4v) is 2.46. The summed E-state index contributed by atoms with van der Waals surface area (Å²) in [5, 5.41) is 0. The van der Waals surface area contributed by atoms with Crippen molar-refractivity contribution in [1.82, 2.24) is 14.5 Å². The van der Waals surface area contributed by atoms with Crippen LogP contribution >= 0.6 is 0 Å². The first kappa shape index (κ1) is 16.2. The Kier molecular flexibility index (Phi) is 5.72. The van der Waals surface area contributed by atoms with E-state index >= 15 is 0 Å². The molecule has 0 saturated heterocycles. The molecule has 22 heavy (non-hydrogen) atoms. The third kappa shape index (κ3) is 4.43. The van der Waals surface area contributed by atoms with Crippen molar-refractivity contribution in [2.24, 2.45) is 13.0 Å². The second kappa shape index (κ2) is 7.75. The molecule has 2 aromatic rings. The fraction of sp³-hybridized carbons (Fsp3) is 0.412. The summed E-state index contributed by atoms with van der Waals surface area (Å²) in [5.74, 6) is -0.343. The van der Waals surface area contributed by atoms with E-state index in [4.69, 9.17) is 4.74 Å². The van der Waals surface area contributed by atoms with Crippen LogP contribution in [0.5, 0.6) is 0 Å². The summed E-state index contributed by atoms with van der Waals surface area (Å²) >= 11 is 0. The number of benzene rings is 1. The number of rotatable bonds is 7. The van der Waals surface area contributed by atoms with Crippen LogP contribution in [-0.4, -0.2) is 34.1 Å². The van der Waals surface area contributed by atoms with E-state index in [1.807, 2.05) is 42.9 Å². The topological polar surface area (TPSA) is 47.4 Å². The molecule has 0 aliphatic rings. The average molecular weight is 301 g/mol. The van der Waals surface area contributed by atoms with E-state index in [2.05, 4.69) is 22.0 Å². The number of esters is 1. The normalized spacial score (nSPS) is 12.4. The van der Waals surface area contributed by atoms with Crippen molar-refractivity contribution in [3.63, 3.8) is 0 Å². The molecule has 0 bridgehead atoms. The number of carbonyl (C=O) groups is 1. The van der Waals surface area contributed by atoms with E-state index in [0.717, 1.165) is 18.8 Å². The van der Waals surface area contributed by atoms with Crippen LogP contribution in [0.3, 0.4) is 0 Å². The minimum atomic E-state index is -0.178. The summed E-state index contributed by atoms with van der Waals surface area (Å²) < 4.78 is 6.84. The van der Waals surface area contributed by atoms with Crippen molar-refractivity contribution in [1.29, 1.82) is 0 Å². The van der Waals surface area contributed by atoms with E-state index in [1.54, 1.807) is 6.33 Å². The highest BCUT2D eigenvalue weighted by atomic mass is 16.5. The number of aromatic nitrogens is 2. The maximum Gasteiger partial charge on any atom is 0.309 e. The van der Waals surface area contributed by atoms with Gasteiger partial charge in [0.2, 0.25) is 0 Å². The van der Waals surface area contributed by atoms with Crippen LogP contribution in [0, 0.1) is 5.92 Å². The molecule has 1 aromatic heterocycles. The van der Waals surface area contributed by atoms with Crippen molar-refractivity contribution < 1.29 is 9.53 Å². The monoisotopic (exact) mass is 301 g/mol. The molecule has 0 aliphatic heterocycles. The molecule has 0 aliphatic carbocycles. The number of carbonyl (C=O) groups excluding carboxylic acids is 1. The molecule has 0 saturated carbocycles. The molecule has 0 N–H and O–H groups in total. The van der Waals surface area contributed by atoms with Crippen molar-refractivity contribution in [3.05, 3.63) is 54.1 Å². The number of hydrogen-bond donors (Lipinski definition) is 0. The molecule has 0 radical (unpaired) electrons.